The highest BCUT2D eigenvalue weighted by Crippen LogP contribution is 2.35. The van der Waals surface area contributed by atoms with Crippen LogP contribution in [0.5, 0.6) is 5.75 Å². The fourth-order valence-electron chi connectivity index (χ4n) is 5.45. The first-order valence-electron chi connectivity index (χ1n) is 10.9. The van der Waals surface area contributed by atoms with Gasteiger partial charge in [0, 0.05) is 16.2 Å². The van der Waals surface area contributed by atoms with Gasteiger partial charge >= 0.3 is 0 Å². The molecule has 0 radical (unpaired) electrons. The molecule has 4 heteroatoms. The second kappa shape index (κ2) is 6.66. The van der Waals surface area contributed by atoms with E-state index in [1.165, 1.54) is 5.56 Å². The molecule has 160 valence electrons. The van der Waals surface area contributed by atoms with Gasteiger partial charge in [-0.15, -0.1) is 0 Å². The molecule has 0 amide bonds. The van der Waals surface area contributed by atoms with E-state index >= 15 is 0 Å². The first-order chi connectivity index (χ1) is 15.9. The van der Waals surface area contributed by atoms with Gasteiger partial charge in [-0.3, -0.25) is 9.59 Å². The molecule has 6 aromatic rings. The molecule has 0 saturated heterocycles. The van der Waals surface area contributed by atoms with E-state index in [-0.39, 0.29) is 16.6 Å². The summed E-state index contributed by atoms with van der Waals surface area (Å²) in [6, 6.07) is 20.4. The number of pyridine rings is 2. The minimum absolute atomic E-state index is 0.0101. The van der Waals surface area contributed by atoms with Gasteiger partial charge in [0.25, 0.3) is 0 Å². The van der Waals surface area contributed by atoms with Crippen LogP contribution in [0.3, 0.4) is 0 Å². The van der Waals surface area contributed by atoms with Crippen LogP contribution in [0.2, 0.25) is 0 Å². The van der Waals surface area contributed by atoms with E-state index in [1.807, 2.05) is 34.7 Å². The monoisotopic (exact) mass is 431 g/mol. The van der Waals surface area contributed by atoms with Crippen LogP contribution >= 0.6 is 0 Å². The van der Waals surface area contributed by atoms with Crippen molar-refractivity contribution in [1.29, 1.82) is 0 Å². The third kappa shape index (κ3) is 2.58. The lowest BCUT2D eigenvalue weighted by Gasteiger charge is -2.18. The molecule has 6 rings (SSSR count). The Morgan fingerprint density at radius 3 is 1.97 bits per heavy atom. The summed E-state index contributed by atoms with van der Waals surface area (Å²) in [5.41, 5.74) is 6.58. The minimum atomic E-state index is -0.190. The summed E-state index contributed by atoms with van der Waals surface area (Å²) in [6.07, 6.45) is 0. The molecule has 2 heterocycles. The van der Waals surface area contributed by atoms with Crippen molar-refractivity contribution in [3.8, 4) is 16.9 Å². The zero-order valence-electron chi connectivity index (χ0n) is 18.6. The summed E-state index contributed by atoms with van der Waals surface area (Å²) in [5.74, 6) is 0.0101. The Morgan fingerprint density at radius 2 is 1.27 bits per heavy atom. The van der Waals surface area contributed by atoms with Crippen LogP contribution < -0.4 is 10.9 Å². The highest BCUT2D eigenvalue weighted by atomic mass is 16.3. The van der Waals surface area contributed by atoms with E-state index in [1.54, 1.807) is 24.3 Å². The zero-order chi connectivity index (χ0) is 23.0. The third-order valence-corrected chi connectivity index (χ3v) is 6.66. The van der Waals surface area contributed by atoms with Crippen molar-refractivity contribution in [3.05, 3.63) is 104 Å². The Morgan fingerprint density at radius 1 is 0.667 bits per heavy atom. The van der Waals surface area contributed by atoms with Crippen molar-refractivity contribution in [3.63, 3.8) is 0 Å². The molecule has 1 N–H and O–H groups in total. The number of para-hydroxylation sites is 2. The average Bonchev–Trinajstić information content (AvgIpc) is 2.78. The number of fused-ring (bicyclic) bond motifs is 4. The second-order valence-electron chi connectivity index (χ2n) is 8.88. The predicted octanol–water partition coefficient (Wildman–Crippen LogP) is 5.85. The van der Waals surface area contributed by atoms with E-state index in [9.17, 15) is 14.7 Å². The lowest BCUT2D eigenvalue weighted by atomic mass is 9.91. The summed E-state index contributed by atoms with van der Waals surface area (Å²) in [6.45, 7) is 6.17. The Labute approximate surface area is 189 Å². The summed E-state index contributed by atoms with van der Waals surface area (Å²) < 4.78 is 1.87. The van der Waals surface area contributed by atoms with E-state index in [4.69, 9.17) is 0 Å². The molecule has 0 atom stereocenters. The highest BCUT2D eigenvalue weighted by molar-refractivity contribution is 6.10. The standard InChI is InChI=1S/C29H21NO3/c1-15-11-16(2)25(17(3)12-15)18-13-21-26-22(14-18)29(33)20-8-6-10-24(31)27(20)30(26)23-9-5-4-7-19(23)28(21)32/h4-14,31H,1-3H3. The van der Waals surface area contributed by atoms with E-state index in [0.717, 1.165) is 22.3 Å². The highest BCUT2D eigenvalue weighted by Gasteiger charge is 2.20. The number of benzene rings is 4. The van der Waals surface area contributed by atoms with Gasteiger partial charge in [-0.05, 0) is 79.4 Å². The molecule has 2 aromatic heterocycles. The fraction of sp³-hybridized carbons (Fsp3) is 0.103. The normalized spacial score (nSPS) is 11.8. The number of hydrogen-bond donors (Lipinski definition) is 1. The van der Waals surface area contributed by atoms with Crippen LogP contribution in [-0.2, 0) is 0 Å². The van der Waals surface area contributed by atoms with Gasteiger partial charge in [-0.25, -0.2) is 0 Å². The second-order valence-corrected chi connectivity index (χ2v) is 8.88. The number of hydrogen-bond acceptors (Lipinski definition) is 3. The molecule has 0 bridgehead atoms. The van der Waals surface area contributed by atoms with Crippen LogP contribution in [0, 0.1) is 20.8 Å². The van der Waals surface area contributed by atoms with Crippen LogP contribution in [0.1, 0.15) is 16.7 Å². The van der Waals surface area contributed by atoms with Crippen LogP contribution in [0.15, 0.2) is 76.3 Å². The third-order valence-electron chi connectivity index (χ3n) is 6.66. The SMILES string of the molecule is Cc1cc(C)c(-c2cc3c(=O)c4ccccc4n4c5c(O)cccc5c(=O)c(c2)c34)c(C)c1. The summed E-state index contributed by atoms with van der Waals surface area (Å²) >= 11 is 0. The number of aryl methyl sites for hydroxylation is 3. The van der Waals surface area contributed by atoms with Crippen LogP contribution in [0.25, 0.3) is 49.2 Å². The molecule has 4 aromatic carbocycles. The van der Waals surface area contributed by atoms with Gasteiger partial charge in [0.05, 0.1) is 21.9 Å². The molecule has 0 aliphatic rings. The molecular formula is C29H21NO3. The quantitative estimate of drug-likeness (QED) is 0.262. The predicted molar refractivity (Wildman–Crippen MR) is 135 cm³/mol. The first kappa shape index (κ1) is 19.5. The van der Waals surface area contributed by atoms with Gasteiger partial charge in [-0.1, -0.05) is 35.9 Å². The molecular weight excluding hydrogens is 410 g/mol. The van der Waals surface area contributed by atoms with Crippen molar-refractivity contribution in [2.45, 2.75) is 20.8 Å². The number of aromatic nitrogens is 1. The van der Waals surface area contributed by atoms with Gasteiger partial charge in [0.1, 0.15) is 5.75 Å². The number of rotatable bonds is 1. The zero-order valence-corrected chi connectivity index (χ0v) is 18.6. The maximum atomic E-state index is 13.7. The minimum Gasteiger partial charge on any atom is -0.506 e. The van der Waals surface area contributed by atoms with Gasteiger partial charge < -0.3 is 9.51 Å². The van der Waals surface area contributed by atoms with E-state index in [2.05, 4.69) is 32.9 Å². The molecule has 0 aliphatic carbocycles. The lowest BCUT2D eigenvalue weighted by Crippen LogP contribution is -2.14. The molecule has 0 saturated carbocycles. The van der Waals surface area contributed by atoms with Gasteiger partial charge in [-0.2, -0.15) is 0 Å². The van der Waals surface area contributed by atoms with Gasteiger partial charge in [0.15, 0.2) is 10.9 Å². The number of aromatic hydroxyl groups is 1. The van der Waals surface area contributed by atoms with Gasteiger partial charge in [0.2, 0.25) is 0 Å². The van der Waals surface area contributed by atoms with Crippen LogP contribution in [-0.4, -0.2) is 9.51 Å². The fourth-order valence-corrected chi connectivity index (χ4v) is 5.45. The summed E-state index contributed by atoms with van der Waals surface area (Å²) in [7, 11) is 0. The molecule has 0 fully saturated rings. The van der Waals surface area contributed by atoms with Crippen molar-refractivity contribution in [1.82, 2.24) is 4.40 Å². The van der Waals surface area contributed by atoms with Crippen molar-refractivity contribution < 1.29 is 5.11 Å². The number of nitrogens with zero attached hydrogens (tertiary/aromatic N) is 1. The average molecular weight is 431 g/mol. The lowest BCUT2D eigenvalue weighted by molar-refractivity contribution is 0.480. The Bertz CT molecular complexity index is 1860. The van der Waals surface area contributed by atoms with Crippen molar-refractivity contribution >= 4 is 38.1 Å². The maximum absolute atomic E-state index is 13.7. The van der Waals surface area contributed by atoms with E-state index < -0.39 is 0 Å². The molecule has 0 unspecified atom stereocenters. The summed E-state index contributed by atoms with van der Waals surface area (Å²) in [5, 5.41) is 12.7. The largest absolute Gasteiger partial charge is 0.506 e. The molecule has 4 nitrogen and oxygen atoms in total. The molecule has 0 spiro atoms. The Balaban J connectivity index is 1.96. The van der Waals surface area contributed by atoms with Crippen molar-refractivity contribution in [2.75, 3.05) is 0 Å². The number of phenolic OH excluding ortho intramolecular Hbond substituents is 1. The Kier molecular flexibility index (Phi) is 3.93. The molecule has 33 heavy (non-hydrogen) atoms. The molecule has 0 aliphatic heterocycles. The Hall–Kier alpha value is -4.18. The van der Waals surface area contributed by atoms with Crippen molar-refractivity contribution in [2.24, 2.45) is 0 Å². The maximum Gasteiger partial charge on any atom is 0.197 e. The topological polar surface area (TPSA) is 58.8 Å². The number of phenols is 1. The smallest absolute Gasteiger partial charge is 0.197 e. The summed E-state index contributed by atoms with van der Waals surface area (Å²) in [4.78, 5) is 27.3. The van der Waals surface area contributed by atoms with Crippen LogP contribution in [0.4, 0.5) is 0 Å². The first-order valence-corrected chi connectivity index (χ1v) is 10.9. The van der Waals surface area contributed by atoms with E-state index in [0.29, 0.717) is 38.1 Å².